The summed E-state index contributed by atoms with van der Waals surface area (Å²) >= 11 is 0. The van der Waals surface area contributed by atoms with Crippen molar-refractivity contribution in [3.8, 4) is 0 Å². The molecule has 0 saturated carbocycles. The number of hydrogen-bond acceptors (Lipinski definition) is 0. The fourth-order valence-electron chi connectivity index (χ4n) is 2.70. The van der Waals surface area contributed by atoms with Crippen LogP contribution in [0.4, 0.5) is 0 Å². The lowest BCUT2D eigenvalue weighted by molar-refractivity contribution is -0.896. The van der Waals surface area contributed by atoms with Gasteiger partial charge in [0.25, 0.3) is 0 Å². The molecule has 0 rings (SSSR count). The third-order valence-corrected chi connectivity index (χ3v) is 4.18. The molecule has 0 radical (unpaired) electrons. The van der Waals surface area contributed by atoms with Gasteiger partial charge in [-0.05, 0) is 12.8 Å². The first-order valence-corrected chi connectivity index (χ1v) is 8.44. The van der Waals surface area contributed by atoms with E-state index in [1.54, 1.807) is 0 Å². The number of quaternary nitrogens is 1. The van der Waals surface area contributed by atoms with Crippen LogP contribution in [0.2, 0.25) is 0 Å². The standard InChI is InChI=1S/C18H38N.ClH/c1-6-8-9-10-11-12-13-14-15-17-18(16-7-2)19(3,4)5;/h7,18H,2,6,8-17H2,1,3-5H3;1H/q+1;/p-1. The van der Waals surface area contributed by atoms with E-state index < -0.39 is 0 Å². The first-order chi connectivity index (χ1) is 9.02. The van der Waals surface area contributed by atoms with E-state index in [4.69, 9.17) is 0 Å². The second kappa shape index (κ2) is 13.9. The van der Waals surface area contributed by atoms with Gasteiger partial charge in [0.2, 0.25) is 0 Å². The Morgan fingerprint density at radius 2 is 1.30 bits per heavy atom. The van der Waals surface area contributed by atoms with Crippen molar-refractivity contribution in [2.24, 2.45) is 0 Å². The van der Waals surface area contributed by atoms with Crippen LogP contribution in [0.5, 0.6) is 0 Å². The summed E-state index contributed by atoms with van der Waals surface area (Å²) in [5, 5.41) is 0. The summed E-state index contributed by atoms with van der Waals surface area (Å²) in [5.74, 6) is 0. The normalized spacial score (nSPS) is 12.8. The van der Waals surface area contributed by atoms with Crippen molar-refractivity contribution in [2.75, 3.05) is 21.1 Å². The third kappa shape index (κ3) is 13.0. The van der Waals surface area contributed by atoms with E-state index in [-0.39, 0.29) is 12.4 Å². The van der Waals surface area contributed by atoms with Gasteiger partial charge in [0.05, 0.1) is 27.2 Å². The predicted molar refractivity (Wildman–Crippen MR) is 88.5 cm³/mol. The molecule has 1 unspecified atom stereocenters. The predicted octanol–water partition coefficient (Wildman–Crippen LogP) is 2.56. The van der Waals surface area contributed by atoms with Crippen molar-refractivity contribution >= 4 is 0 Å². The van der Waals surface area contributed by atoms with Gasteiger partial charge in [-0.3, -0.25) is 0 Å². The second-order valence-electron chi connectivity index (χ2n) is 6.91. The Bertz CT molecular complexity index is 208. The number of rotatable bonds is 13. The topological polar surface area (TPSA) is 0 Å². The molecule has 0 saturated heterocycles. The lowest BCUT2D eigenvalue weighted by Crippen LogP contribution is -3.00. The van der Waals surface area contributed by atoms with E-state index in [0.717, 1.165) is 16.9 Å². The van der Waals surface area contributed by atoms with Gasteiger partial charge in [-0.25, -0.2) is 0 Å². The Hall–Kier alpha value is -0.0100. The van der Waals surface area contributed by atoms with Crippen molar-refractivity contribution in [3.63, 3.8) is 0 Å². The molecule has 0 aliphatic carbocycles. The van der Waals surface area contributed by atoms with Crippen LogP contribution in [0.15, 0.2) is 12.7 Å². The maximum absolute atomic E-state index is 3.90. The van der Waals surface area contributed by atoms with Gasteiger partial charge in [0.15, 0.2) is 0 Å². The Morgan fingerprint density at radius 1 is 0.850 bits per heavy atom. The molecule has 0 aliphatic heterocycles. The molecule has 2 heteroatoms. The minimum Gasteiger partial charge on any atom is -1.00 e. The number of hydrogen-bond donors (Lipinski definition) is 0. The minimum absolute atomic E-state index is 0. The van der Waals surface area contributed by atoms with E-state index in [1.165, 1.54) is 64.2 Å². The van der Waals surface area contributed by atoms with Gasteiger partial charge in [-0.1, -0.05) is 64.4 Å². The number of unbranched alkanes of at least 4 members (excludes halogenated alkanes) is 8. The fraction of sp³-hybridized carbons (Fsp3) is 0.889. The molecule has 0 bridgehead atoms. The molecule has 0 aliphatic rings. The molecule has 1 atom stereocenters. The molecule has 122 valence electrons. The molecule has 20 heavy (non-hydrogen) atoms. The summed E-state index contributed by atoms with van der Waals surface area (Å²) in [6.45, 7) is 6.18. The zero-order valence-electron chi connectivity index (χ0n) is 14.5. The van der Waals surface area contributed by atoms with Gasteiger partial charge in [0, 0.05) is 6.42 Å². The molecule has 0 N–H and O–H groups in total. The van der Waals surface area contributed by atoms with E-state index >= 15 is 0 Å². The van der Waals surface area contributed by atoms with E-state index in [1.807, 2.05) is 0 Å². The van der Waals surface area contributed by atoms with Crippen LogP contribution in [0.25, 0.3) is 0 Å². The molecule has 0 amide bonds. The Morgan fingerprint density at radius 3 is 1.70 bits per heavy atom. The third-order valence-electron chi connectivity index (χ3n) is 4.18. The van der Waals surface area contributed by atoms with Crippen LogP contribution in [-0.4, -0.2) is 31.7 Å². The SMILES string of the molecule is C=CCC(CCCCCCCCCCC)[N+](C)(C)C.[Cl-]. The molecular weight excluding hydrogens is 266 g/mol. The Balaban J connectivity index is 0. The van der Waals surface area contributed by atoms with E-state index in [2.05, 4.69) is 40.7 Å². The molecule has 0 fully saturated rings. The zero-order valence-corrected chi connectivity index (χ0v) is 15.2. The first-order valence-electron chi connectivity index (χ1n) is 8.44. The van der Waals surface area contributed by atoms with Crippen LogP contribution in [0.1, 0.15) is 77.6 Å². The van der Waals surface area contributed by atoms with Crippen LogP contribution in [0.3, 0.4) is 0 Å². The van der Waals surface area contributed by atoms with Crippen molar-refractivity contribution in [1.82, 2.24) is 0 Å². The van der Waals surface area contributed by atoms with Crippen molar-refractivity contribution in [3.05, 3.63) is 12.7 Å². The lowest BCUT2D eigenvalue weighted by atomic mass is 10.0. The summed E-state index contributed by atoms with van der Waals surface area (Å²) in [7, 11) is 6.92. The highest BCUT2D eigenvalue weighted by Gasteiger charge is 2.21. The summed E-state index contributed by atoms with van der Waals surface area (Å²) in [6, 6.07) is 0.752. The number of halogens is 1. The molecular formula is C18H38ClN. The molecule has 0 heterocycles. The lowest BCUT2D eigenvalue weighted by Gasteiger charge is -2.33. The van der Waals surface area contributed by atoms with Gasteiger partial charge in [-0.2, -0.15) is 0 Å². The number of nitrogens with zero attached hydrogens (tertiary/aromatic N) is 1. The monoisotopic (exact) mass is 303 g/mol. The van der Waals surface area contributed by atoms with Crippen LogP contribution in [-0.2, 0) is 0 Å². The second-order valence-corrected chi connectivity index (χ2v) is 6.91. The van der Waals surface area contributed by atoms with Gasteiger partial charge < -0.3 is 16.9 Å². The zero-order chi connectivity index (χ0) is 14.6. The molecule has 0 aromatic heterocycles. The Labute approximate surface area is 134 Å². The highest BCUT2D eigenvalue weighted by Crippen LogP contribution is 2.17. The van der Waals surface area contributed by atoms with Gasteiger partial charge >= 0.3 is 0 Å². The summed E-state index contributed by atoms with van der Waals surface area (Å²) in [5.41, 5.74) is 0. The summed E-state index contributed by atoms with van der Waals surface area (Å²) in [4.78, 5) is 0. The van der Waals surface area contributed by atoms with Crippen molar-refractivity contribution < 1.29 is 16.9 Å². The minimum atomic E-state index is 0. The molecule has 1 nitrogen and oxygen atoms in total. The van der Waals surface area contributed by atoms with Crippen LogP contribution in [0, 0.1) is 0 Å². The molecule has 0 spiro atoms. The largest absolute Gasteiger partial charge is 1.00 e. The fourth-order valence-corrected chi connectivity index (χ4v) is 2.70. The smallest absolute Gasteiger partial charge is 0.0918 e. The van der Waals surface area contributed by atoms with Gasteiger partial charge in [0.1, 0.15) is 0 Å². The first kappa shape index (κ1) is 22.3. The average molecular weight is 304 g/mol. The molecule has 0 aromatic rings. The quantitative estimate of drug-likeness (QED) is 0.279. The molecule has 0 aromatic carbocycles. The van der Waals surface area contributed by atoms with Crippen molar-refractivity contribution in [1.29, 1.82) is 0 Å². The maximum atomic E-state index is 3.90. The highest BCUT2D eigenvalue weighted by molar-refractivity contribution is 4.73. The van der Waals surface area contributed by atoms with E-state index in [0.29, 0.717) is 0 Å². The Kier molecular flexibility index (Phi) is 15.5. The van der Waals surface area contributed by atoms with Gasteiger partial charge in [-0.15, -0.1) is 6.58 Å². The maximum Gasteiger partial charge on any atom is 0.0918 e. The summed E-state index contributed by atoms with van der Waals surface area (Å²) in [6.07, 6.45) is 17.4. The van der Waals surface area contributed by atoms with E-state index in [9.17, 15) is 0 Å². The average Bonchev–Trinajstić information content (AvgIpc) is 2.34. The summed E-state index contributed by atoms with van der Waals surface area (Å²) < 4.78 is 1.07. The highest BCUT2D eigenvalue weighted by atomic mass is 35.5. The van der Waals surface area contributed by atoms with Crippen molar-refractivity contribution in [2.45, 2.75) is 83.6 Å². The van der Waals surface area contributed by atoms with Crippen LogP contribution < -0.4 is 12.4 Å². The van der Waals surface area contributed by atoms with Crippen LogP contribution >= 0.6 is 0 Å².